The lowest BCUT2D eigenvalue weighted by Crippen LogP contribution is -2.44. The molecule has 1 aromatic heterocycles. The number of carbonyl (C=O) groups excluding carboxylic acids is 1. The zero-order valence-electron chi connectivity index (χ0n) is 12.3. The fourth-order valence-corrected chi connectivity index (χ4v) is 2.39. The minimum absolute atomic E-state index is 0.0713. The van der Waals surface area contributed by atoms with Crippen molar-refractivity contribution in [2.75, 3.05) is 32.8 Å². The third kappa shape index (κ3) is 5.03. The average Bonchev–Trinajstić information content (AvgIpc) is 2.85. The van der Waals surface area contributed by atoms with Crippen molar-refractivity contribution in [3.63, 3.8) is 0 Å². The fourth-order valence-electron chi connectivity index (χ4n) is 2.39. The smallest absolute Gasteiger partial charge is 0.397 e. The topological polar surface area (TPSA) is 54.7 Å². The number of hydrogen-bond donors (Lipinski definition) is 1. The summed E-state index contributed by atoms with van der Waals surface area (Å²) >= 11 is 0. The second kappa shape index (κ2) is 7.15. The highest BCUT2D eigenvalue weighted by Gasteiger charge is 2.32. The van der Waals surface area contributed by atoms with E-state index in [0.29, 0.717) is 32.1 Å². The van der Waals surface area contributed by atoms with Gasteiger partial charge in [-0.1, -0.05) is 0 Å². The summed E-state index contributed by atoms with van der Waals surface area (Å²) in [6.07, 6.45) is -5.97. The van der Waals surface area contributed by atoms with Crippen molar-refractivity contribution in [2.45, 2.75) is 25.6 Å². The Balaban J connectivity index is 2.00. The van der Waals surface area contributed by atoms with E-state index >= 15 is 0 Å². The van der Waals surface area contributed by atoms with Crippen LogP contribution in [-0.4, -0.2) is 49.8 Å². The number of hydrogen-bond acceptors (Lipinski definition) is 4. The van der Waals surface area contributed by atoms with E-state index in [2.05, 4.69) is 5.32 Å². The summed E-state index contributed by atoms with van der Waals surface area (Å²) in [7, 11) is 0. The maximum Gasteiger partial charge on any atom is 0.397 e. The summed E-state index contributed by atoms with van der Waals surface area (Å²) in [5.74, 6) is 0.315. The fraction of sp³-hybridized carbons (Fsp3) is 0.643. The van der Waals surface area contributed by atoms with Crippen molar-refractivity contribution < 1.29 is 27.1 Å². The van der Waals surface area contributed by atoms with Gasteiger partial charge in [0.2, 0.25) is 5.91 Å². The molecule has 2 rings (SSSR count). The number of aryl methyl sites for hydroxylation is 1. The zero-order chi connectivity index (χ0) is 16.2. The molecule has 0 unspecified atom stereocenters. The monoisotopic (exact) mass is 320 g/mol. The number of rotatable bonds is 5. The zero-order valence-corrected chi connectivity index (χ0v) is 12.3. The first-order chi connectivity index (χ1) is 10.3. The van der Waals surface area contributed by atoms with Crippen molar-refractivity contribution in [3.8, 4) is 0 Å². The SMILES string of the molecule is Cc1ccc([C@H](CNC(=O)CC(F)(F)F)N2CCOCC2)o1. The molecule has 1 aliphatic rings. The first kappa shape index (κ1) is 16.8. The minimum Gasteiger partial charge on any atom is -0.465 e. The molecule has 1 N–H and O–H groups in total. The average molecular weight is 320 g/mol. The summed E-state index contributed by atoms with van der Waals surface area (Å²) in [5, 5.41) is 2.34. The molecule has 0 aromatic carbocycles. The Morgan fingerprint density at radius 1 is 1.36 bits per heavy atom. The lowest BCUT2D eigenvalue weighted by atomic mass is 10.1. The van der Waals surface area contributed by atoms with Crippen LogP contribution in [0.1, 0.15) is 24.0 Å². The van der Waals surface area contributed by atoms with Gasteiger partial charge >= 0.3 is 6.18 Å². The lowest BCUT2D eigenvalue weighted by molar-refractivity contribution is -0.153. The molecule has 8 heteroatoms. The summed E-state index contributed by atoms with van der Waals surface area (Å²) in [5.41, 5.74) is 0. The van der Waals surface area contributed by atoms with Crippen LogP contribution in [0.15, 0.2) is 16.5 Å². The predicted molar refractivity (Wildman–Crippen MR) is 72.3 cm³/mol. The first-order valence-corrected chi connectivity index (χ1v) is 7.07. The van der Waals surface area contributed by atoms with Gasteiger partial charge in [-0.25, -0.2) is 0 Å². The van der Waals surface area contributed by atoms with Crippen LogP contribution in [0.5, 0.6) is 0 Å². The Bertz CT molecular complexity index is 496. The van der Waals surface area contributed by atoms with Crippen LogP contribution in [0.25, 0.3) is 0 Å². The molecule has 22 heavy (non-hydrogen) atoms. The summed E-state index contributed by atoms with van der Waals surface area (Å²) < 4.78 is 47.5. The van der Waals surface area contributed by atoms with Gasteiger partial charge in [-0.2, -0.15) is 13.2 Å². The second-order valence-electron chi connectivity index (χ2n) is 5.21. The van der Waals surface area contributed by atoms with Crippen LogP contribution in [0.4, 0.5) is 13.2 Å². The molecule has 1 saturated heterocycles. The number of ether oxygens (including phenoxy) is 1. The molecule has 1 aliphatic heterocycles. The maximum absolute atomic E-state index is 12.2. The molecule has 124 valence electrons. The molecule has 1 fully saturated rings. The number of nitrogens with one attached hydrogen (secondary N) is 1. The van der Waals surface area contributed by atoms with Gasteiger partial charge in [0.05, 0.1) is 19.3 Å². The van der Waals surface area contributed by atoms with E-state index in [1.807, 2.05) is 4.90 Å². The molecule has 1 aromatic rings. The normalized spacial score (nSPS) is 18.2. The van der Waals surface area contributed by atoms with Gasteiger partial charge in [0.15, 0.2) is 0 Å². The van der Waals surface area contributed by atoms with Gasteiger partial charge in [-0.15, -0.1) is 0 Å². The molecule has 0 radical (unpaired) electrons. The molecular weight excluding hydrogens is 301 g/mol. The van der Waals surface area contributed by atoms with Crippen LogP contribution >= 0.6 is 0 Å². The Labute approximate surface area is 126 Å². The van der Waals surface area contributed by atoms with Gasteiger partial charge < -0.3 is 14.5 Å². The Hall–Kier alpha value is -1.54. The number of amides is 1. The van der Waals surface area contributed by atoms with Crippen LogP contribution in [-0.2, 0) is 9.53 Å². The summed E-state index contributed by atoms with van der Waals surface area (Å²) in [6.45, 7) is 4.24. The molecular formula is C14H19F3N2O3. The van der Waals surface area contributed by atoms with Crippen molar-refractivity contribution >= 4 is 5.91 Å². The molecule has 5 nitrogen and oxygen atoms in total. The molecule has 0 bridgehead atoms. The van der Waals surface area contributed by atoms with Gasteiger partial charge in [-0.3, -0.25) is 9.69 Å². The van der Waals surface area contributed by atoms with E-state index in [1.54, 1.807) is 19.1 Å². The number of alkyl halides is 3. The molecule has 2 heterocycles. The number of halogens is 3. The first-order valence-electron chi connectivity index (χ1n) is 7.07. The Kier molecular flexibility index (Phi) is 5.47. The van der Waals surface area contributed by atoms with E-state index in [9.17, 15) is 18.0 Å². The van der Waals surface area contributed by atoms with Gasteiger partial charge in [0.1, 0.15) is 17.9 Å². The van der Waals surface area contributed by atoms with Crippen molar-refractivity contribution in [3.05, 3.63) is 23.7 Å². The molecule has 1 atom stereocenters. The van der Waals surface area contributed by atoms with E-state index < -0.39 is 18.5 Å². The number of furan rings is 1. The lowest BCUT2D eigenvalue weighted by Gasteiger charge is -2.33. The van der Waals surface area contributed by atoms with E-state index in [-0.39, 0.29) is 12.6 Å². The second-order valence-corrected chi connectivity index (χ2v) is 5.21. The van der Waals surface area contributed by atoms with Crippen LogP contribution in [0, 0.1) is 6.92 Å². The quantitative estimate of drug-likeness (QED) is 0.902. The largest absolute Gasteiger partial charge is 0.465 e. The standard InChI is InChI=1S/C14H19F3N2O3/c1-10-2-3-12(22-10)11(19-4-6-21-7-5-19)9-18-13(20)8-14(15,16)17/h2-3,11H,4-9H2,1H3,(H,18,20)/t11-/m0/s1. The Morgan fingerprint density at radius 3 is 2.59 bits per heavy atom. The number of carbonyl (C=O) groups is 1. The maximum atomic E-state index is 12.2. The third-order valence-electron chi connectivity index (χ3n) is 3.43. The molecule has 0 spiro atoms. The van der Waals surface area contributed by atoms with Gasteiger partial charge in [0, 0.05) is 19.6 Å². The highest BCUT2D eigenvalue weighted by atomic mass is 19.4. The highest BCUT2D eigenvalue weighted by molar-refractivity contribution is 5.76. The van der Waals surface area contributed by atoms with Crippen LogP contribution < -0.4 is 5.32 Å². The highest BCUT2D eigenvalue weighted by Crippen LogP contribution is 2.24. The van der Waals surface area contributed by atoms with Crippen LogP contribution in [0.2, 0.25) is 0 Å². The van der Waals surface area contributed by atoms with Gasteiger partial charge in [-0.05, 0) is 19.1 Å². The third-order valence-corrected chi connectivity index (χ3v) is 3.43. The Morgan fingerprint density at radius 2 is 2.05 bits per heavy atom. The van der Waals surface area contributed by atoms with Crippen molar-refractivity contribution in [2.24, 2.45) is 0 Å². The summed E-state index contributed by atoms with van der Waals surface area (Å²) in [6, 6.07) is 3.28. The van der Waals surface area contributed by atoms with Crippen molar-refractivity contribution in [1.82, 2.24) is 10.2 Å². The van der Waals surface area contributed by atoms with E-state index in [1.165, 1.54) is 0 Å². The summed E-state index contributed by atoms with van der Waals surface area (Å²) in [4.78, 5) is 13.4. The van der Waals surface area contributed by atoms with Gasteiger partial charge in [0.25, 0.3) is 0 Å². The minimum atomic E-state index is -4.50. The van der Waals surface area contributed by atoms with E-state index in [0.717, 1.165) is 5.76 Å². The molecule has 1 amide bonds. The van der Waals surface area contributed by atoms with Crippen molar-refractivity contribution in [1.29, 1.82) is 0 Å². The van der Waals surface area contributed by atoms with Crippen LogP contribution in [0.3, 0.4) is 0 Å². The predicted octanol–water partition coefficient (Wildman–Crippen LogP) is 2.03. The molecule has 0 saturated carbocycles. The number of morpholine rings is 1. The van der Waals surface area contributed by atoms with E-state index in [4.69, 9.17) is 9.15 Å². The molecule has 0 aliphatic carbocycles. The number of nitrogens with zero attached hydrogens (tertiary/aromatic N) is 1.